The van der Waals surface area contributed by atoms with Crippen LogP contribution in [0.5, 0.6) is 0 Å². The Morgan fingerprint density at radius 3 is 2.52 bits per heavy atom. The highest BCUT2D eigenvalue weighted by molar-refractivity contribution is 7.17. The summed E-state index contributed by atoms with van der Waals surface area (Å²) >= 11 is 1.31. The highest BCUT2D eigenvalue weighted by Gasteiger charge is 2.29. The number of carbonyl (C=O) groups is 3. The maximum Gasteiger partial charge on any atom is 0.413 e. The number of nitro benzene ring substituents is 1. The number of hydrogen-bond acceptors (Lipinski definition) is 7. The lowest BCUT2D eigenvalue weighted by Gasteiger charge is -2.18. The maximum absolute atomic E-state index is 12.7. The average Bonchev–Trinajstić information content (AvgIpc) is 3.04. The summed E-state index contributed by atoms with van der Waals surface area (Å²) in [4.78, 5) is 48.0. The normalized spacial score (nSPS) is 15.2. The van der Waals surface area contributed by atoms with Gasteiger partial charge in [-0.3, -0.25) is 25.0 Å². The molecule has 152 valence electrons. The predicted octanol–water partition coefficient (Wildman–Crippen LogP) is 3.53. The molecule has 10 heteroatoms. The van der Waals surface area contributed by atoms with Crippen LogP contribution in [0.3, 0.4) is 0 Å². The molecule has 29 heavy (non-hydrogen) atoms. The predicted molar refractivity (Wildman–Crippen MR) is 106 cm³/mol. The number of non-ortho nitro benzene ring substituents is 1. The molecule has 1 atom stereocenters. The van der Waals surface area contributed by atoms with Gasteiger partial charge in [-0.15, -0.1) is 11.3 Å². The lowest BCUT2D eigenvalue weighted by molar-refractivity contribution is -0.384. The van der Waals surface area contributed by atoms with E-state index in [0.717, 1.165) is 30.4 Å². The van der Waals surface area contributed by atoms with Gasteiger partial charge >= 0.3 is 6.09 Å². The Morgan fingerprint density at radius 2 is 1.90 bits per heavy atom. The van der Waals surface area contributed by atoms with E-state index in [4.69, 9.17) is 0 Å². The zero-order chi connectivity index (χ0) is 21.1. The van der Waals surface area contributed by atoms with Crippen LogP contribution >= 0.6 is 11.3 Å². The average molecular weight is 417 g/mol. The number of nitro groups is 1. The van der Waals surface area contributed by atoms with Gasteiger partial charge in [-0.1, -0.05) is 6.92 Å². The number of hydrogen-bond donors (Lipinski definition) is 2. The summed E-state index contributed by atoms with van der Waals surface area (Å²) in [6.07, 6.45) is 1.47. The third-order valence-electron chi connectivity index (χ3n) is 4.71. The van der Waals surface area contributed by atoms with E-state index in [1.54, 1.807) is 0 Å². The van der Waals surface area contributed by atoms with Gasteiger partial charge in [0.15, 0.2) is 0 Å². The van der Waals surface area contributed by atoms with Gasteiger partial charge in [0.2, 0.25) is 0 Å². The first-order valence-electron chi connectivity index (χ1n) is 8.89. The molecular formula is C19H19N3O6S. The largest absolute Gasteiger partial charge is 0.453 e. The lowest BCUT2D eigenvalue weighted by Crippen LogP contribution is -2.31. The van der Waals surface area contributed by atoms with Gasteiger partial charge in [-0.25, -0.2) is 4.79 Å². The molecule has 1 aromatic carbocycles. The standard InChI is InChI=1S/C19H19N3O6S/c1-10-3-8-13-14(9-10)29-18(15(13)17(24)21-19(25)28-2)20-16(23)11-4-6-12(7-5-11)22(26)27/h4-7,10H,3,8-9H2,1-2H3,(H,20,23)(H,21,24,25)/t10-/m1/s1. The fraction of sp³-hybridized carbons (Fsp3) is 0.316. The van der Waals surface area contributed by atoms with Crippen LogP contribution in [0.4, 0.5) is 15.5 Å². The first-order chi connectivity index (χ1) is 13.8. The van der Waals surface area contributed by atoms with Crippen LogP contribution in [0.15, 0.2) is 24.3 Å². The highest BCUT2D eigenvalue weighted by Crippen LogP contribution is 2.39. The van der Waals surface area contributed by atoms with Crippen molar-refractivity contribution in [3.63, 3.8) is 0 Å². The Kier molecular flexibility index (Phi) is 5.92. The summed E-state index contributed by atoms with van der Waals surface area (Å²) < 4.78 is 4.49. The number of carbonyl (C=O) groups excluding carboxylic acids is 3. The van der Waals surface area contributed by atoms with Gasteiger partial charge in [-0.05, 0) is 42.9 Å². The highest BCUT2D eigenvalue weighted by atomic mass is 32.1. The zero-order valence-electron chi connectivity index (χ0n) is 15.8. The lowest BCUT2D eigenvalue weighted by atomic mass is 9.88. The van der Waals surface area contributed by atoms with Crippen LogP contribution in [0.25, 0.3) is 0 Å². The van der Waals surface area contributed by atoms with E-state index in [0.29, 0.717) is 17.3 Å². The first kappa shape index (κ1) is 20.5. The number of benzene rings is 1. The van der Waals surface area contributed by atoms with E-state index in [1.807, 2.05) is 0 Å². The molecule has 1 aromatic heterocycles. The molecule has 0 aliphatic heterocycles. The van der Waals surface area contributed by atoms with Gasteiger partial charge in [0, 0.05) is 22.6 Å². The minimum Gasteiger partial charge on any atom is -0.453 e. The number of ether oxygens (including phenoxy) is 1. The molecule has 0 unspecified atom stereocenters. The molecule has 1 aliphatic carbocycles. The fourth-order valence-electron chi connectivity index (χ4n) is 3.20. The van der Waals surface area contributed by atoms with E-state index in [1.165, 1.54) is 35.6 Å². The smallest absolute Gasteiger partial charge is 0.413 e. The second-order valence-electron chi connectivity index (χ2n) is 6.76. The Morgan fingerprint density at radius 1 is 1.21 bits per heavy atom. The summed E-state index contributed by atoms with van der Waals surface area (Å²) in [5, 5.41) is 16.0. The van der Waals surface area contributed by atoms with Crippen molar-refractivity contribution in [2.24, 2.45) is 5.92 Å². The van der Waals surface area contributed by atoms with Crippen molar-refractivity contribution in [3.8, 4) is 0 Å². The van der Waals surface area contributed by atoms with E-state index in [9.17, 15) is 24.5 Å². The number of anilines is 1. The molecular weight excluding hydrogens is 398 g/mol. The van der Waals surface area contributed by atoms with Gasteiger partial charge < -0.3 is 10.1 Å². The van der Waals surface area contributed by atoms with Crippen LogP contribution < -0.4 is 10.6 Å². The zero-order valence-corrected chi connectivity index (χ0v) is 16.6. The molecule has 0 fully saturated rings. The van der Waals surface area contributed by atoms with E-state index in [2.05, 4.69) is 22.3 Å². The van der Waals surface area contributed by atoms with Crippen LogP contribution in [0.1, 0.15) is 44.5 Å². The molecule has 9 nitrogen and oxygen atoms in total. The van der Waals surface area contributed by atoms with Gasteiger partial charge in [0.25, 0.3) is 17.5 Å². The summed E-state index contributed by atoms with van der Waals surface area (Å²) in [6.45, 7) is 2.12. The van der Waals surface area contributed by atoms with Gasteiger partial charge in [0.1, 0.15) is 5.00 Å². The Labute approximate surface area is 170 Å². The number of rotatable bonds is 4. The molecule has 1 aliphatic rings. The van der Waals surface area contributed by atoms with Crippen molar-refractivity contribution >= 4 is 39.9 Å². The molecule has 1 heterocycles. The second kappa shape index (κ2) is 8.39. The molecule has 3 amide bonds. The number of alkyl carbamates (subject to hydrolysis) is 1. The molecule has 0 spiro atoms. The minimum absolute atomic E-state index is 0.125. The van der Waals surface area contributed by atoms with Crippen LogP contribution in [-0.2, 0) is 17.6 Å². The molecule has 2 N–H and O–H groups in total. The number of thiophene rings is 1. The first-order valence-corrected chi connectivity index (χ1v) is 9.71. The topological polar surface area (TPSA) is 128 Å². The van der Waals surface area contributed by atoms with Crippen molar-refractivity contribution in [2.75, 3.05) is 12.4 Å². The number of imide groups is 1. The summed E-state index contributed by atoms with van der Waals surface area (Å²) in [5.41, 5.74) is 1.18. The SMILES string of the molecule is COC(=O)NC(=O)c1c(NC(=O)c2ccc([N+](=O)[O-])cc2)sc2c1CC[C@@H](C)C2. The fourth-order valence-corrected chi connectivity index (χ4v) is 4.60. The van der Waals surface area contributed by atoms with Gasteiger partial charge in [-0.2, -0.15) is 0 Å². The molecule has 0 bridgehead atoms. The van der Waals surface area contributed by atoms with Gasteiger partial charge in [0.05, 0.1) is 17.6 Å². The monoisotopic (exact) mass is 417 g/mol. The van der Waals surface area contributed by atoms with E-state index in [-0.39, 0.29) is 16.8 Å². The number of nitrogens with zero attached hydrogens (tertiary/aromatic N) is 1. The number of methoxy groups -OCH3 is 1. The van der Waals surface area contributed by atoms with E-state index >= 15 is 0 Å². The van der Waals surface area contributed by atoms with Crippen molar-refractivity contribution < 1.29 is 24.0 Å². The Balaban J connectivity index is 1.91. The number of amides is 3. The maximum atomic E-state index is 12.7. The van der Waals surface area contributed by atoms with Crippen molar-refractivity contribution in [1.29, 1.82) is 0 Å². The molecule has 0 saturated carbocycles. The quantitative estimate of drug-likeness (QED) is 0.579. The third kappa shape index (κ3) is 4.43. The minimum atomic E-state index is -0.883. The van der Waals surface area contributed by atoms with Crippen LogP contribution in [0, 0.1) is 16.0 Å². The number of nitrogens with one attached hydrogen (secondary N) is 2. The molecule has 2 aromatic rings. The third-order valence-corrected chi connectivity index (χ3v) is 5.88. The summed E-state index contributed by atoms with van der Waals surface area (Å²) in [6, 6.07) is 5.16. The molecule has 3 rings (SSSR count). The number of fused-ring (bicyclic) bond motifs is 1. The van der Waals surface area contributed by atoms with Crippen molar-refractivity contribution in [1.82, 2.24) is 5.32 Å². The van der Waals surface area contributed by atoms with Crippen LogP contribution in [0.2, 0.25) is 0 Å². The summed E-state index contributed by atoms with van der Waals surface area (Å²) in [7, 11) is 1.16. The Bertz CT molecular complexity index is 983. The Hall–Kier alpha value is -3.27. The molecule has 0 saturated heterocycles. The summed E-state index contributed by atoms with van der Waals surface area (Å²) in [5.74, 6) is -0.683. The second-order valence-corrected chi connectivity index (χ2v) is 7.86. The van der Waals surface area contributed by atoms with Crippen LogP contribution in [-0.4, -0.2) is 29.9 Å². The molecule has 0 radical (unpaired) electrons. The van der Waals surface area contributed by atoms with E-state index < -0.39 is 22.8 Å². The van der Waals surface area contributed by atoms with Crippen molar-refractivity contribution in [3.05, 3.63) is 55.9 Å². The van der Waals surface area contributed by atoms with Crippen molar-refractivity contribution in [2.45, 2.75) is 26.2 Å².